The van der Waals surface area contributed by atoms with Crippen LogP contribution in [0.25, 0.3) is 6.08 Å². The monoisotopic (exact) mass is 282 g/mol. The first-order valence-corrected chi connectivity index (χ1v) is 7.08. The average Bonchev–Trinajstić information content (AvgIpc) is 2.85. The lowest BCUT2D eigenvalue weighted by molar-refractivity contribution is -0.132. The third-order valence-electron chi connectivity index (χ3n) is 3.48. The summed E-state index contributed by atoms with van der Waals surface area (Å²) in [4.78, 5) is 19.0. The minimum atomic E-state index is -0.892. The topological polar surface area (TPSA) is 53.4 Å². The Kier molecular flexibility index (Phi) is 2.37. The molecule has 0 amide bonds. The predicted molar refractivity (Wildman–Crippen MR) is 78.1 cm³/mol. The number of anilines is 2. The molecule has 0 fully saturated rings. The summed E-state index contributed by atoms with van der Waals surface area (Å²) >= 11 is 1.57. The Hall–Kier alpha value is -2.27. The Labute approximate surface area is 119 Å². The minimum absolute atomic E-state index is 0.221. The lowest BCUT2D eigenvalue weighted by Gasteiger charge is -2.31. The van der Waals surface area contributed by atoms with Crippen LogP contribution >= 0.6 is 11.8 Å². The van der Waals surface area contributed by atoms with Gasteiger partial charge in [-0.15, -0.1) is 0 Å². The van der Waals surface area contributed by atoms with E-state index in [0.717, 1.165) is 16.3 Å². The second-order valence-electron chi connectivity index (χ2n) is 4.62. The third kappa shape index (κ3) is 1.50. The highest BCUT2D eigenvalue weighted by Gasteiger charge is 2.39. The molecule has 20 heavy (non-hydrogen) atoms. The van der Waals surface area contributed by atoms with Crippen LogP contribution in [0.3, 0.4) is 0 Å². The van der Waals surface area contributed by atoms with Crippen LogP contribution in [0.15, 0.2) is 53.1 Å². The number of rotatable bonds is 1. The van der Waals surface area contributed by atoms with Gasteiger partial charge in [-0.25, -0.2) is 4.79 Å². The maximum Gasteiger partial charge on any atom is 0.334 e. The summed E-state index contributed by atoms with van der Waals surface area (Å²) in [5, 5.41) is 9.23. The number of para-hydroxylation sites is 1. The first-order valence-electron chi connectivity index (χ1n) is 6.20. The van der Waals surface area contributed by atoms with Gasteiger partial charge in [-0.05, 0) is 30.3 Å². The number of nitrogens with zero attached hydrogens (tertiary/aromatic N) is 2. The summed E-state index contributed by atoms with van der Waals surface area (Å²) in [5.41, 5.74) is 3.08. The third-order valence-corrected chi connectivity index (χ3v) is 4.77. The van der Waals surface area contributed by atoms with E-state index in [0.29, 0.717) is 11.3 Å². The number of hydrogen-bond acceptors (Lipinski definition) is 4. The van der Waals surface area contributed by atoms with Gasteiger partial charge in [-0.3, -0.25) is 4.98 Å². The number of thioether (sulfide) groups is 1. The zero-order valence-corrected chi connectivity index (χ0v) is 11.2. The second-order valence-corrected chi connectivity index (χ2v) is 5.74. The molecule has 1 atom stereocenters. The molecule has 0 aliphatic carbocycles. The quantitative estimate of drug-likeness (QED) is 0.871. The molecule has 1 N–H and O–H groups in total. The lowest BCUT2D eigenvalue weighted by atomic mass is 10.1. The number of hydrogen-bond donors (Lipinski definition) is 1. The second kappa shape index (κ2) is 4.11. The molecule has 1 unspecified atom stereocenters. The Morgan fingerprint density at radius 1 is 1.20 bits per heavy atom. The van der Waals surface area contributed by atoms with E-state index in [9.17, 15) is 9.90 Å². The Balaban J connectivity index is 1.98. The van der Waals surface area contributed by atoms with E-state index in [-0.39, 0.29) is 5.37 Å². The molecule has 2 aliphatic rings. The van der Waals surface area contributed by atoms with Crippen molar-refractivity contribution in [1.82, 2.24) is 4.98 Å². The highest BCUT2D eigenvalue weighted by atomic mass is 32.2. The van der Waals surface area contributed by atoms with E-state index < -0.39 is 5.97 Å². The van der Waals surface area contributed by atoms with Crippen molar-refractivity contribution in [3.63, 3.8) is 0 Å². The van der Waals surface area contributed by atoms with E-state index in [1.165, 1.54) is 0 Å². The van der Waals surface area contributed by atoms with Crippen LogP contribution in [-0.4, -0.2) is 21.4 Å². The van der Waals surface area contributed by atoms with E-state index in [4.69, 9.17) is 0 Å². The fourth-order valence-electron chi connectivity index (χ4n) is 2.62. The van der Waals surface area contributed by atoms with Crippen molar-refractivity contribution in [3.8, 4) is 0 Å². The molecule has 0 radical (unpaired) electrons. The summed E-state index contributed by atoms with van der Waals surface area (Å²) in [5.74, 6) is -0.892. The van der Waals surface area contributed by atoms with Crippen molar-refractivity contribution >= 4 is 35.2 Å². The van der Waals surface area contributed by atoms with Crippen LogP contribution in [0, 0.1) is 0 Å². The molecule has 2 aliphatic heterocycles. The molecule has 0 saturated heterocycles. The van der Waals surface area contributed by atoms with Crippen LogP contribution in [0.2, 0.25) is 0 Å². The number of carboxylic acids is 1. The zero-order valence-electron chi connectivity index (χ0n) is 10.4. The van der Waals surface area contributed by atoms with Gasteiger partial charge in [0.25, 0.3) is 0 Å². The molecule has 5 heteroatoms. The molecular formula is C15H10N2O2S. The van der Waals surface area contributed by atoms with Crippen LogP contribution in [0.5, 0.6) is 0 Å². The van der Waals surface area contributed by atoms with Gasteiger partial charge in [-0.1, -0.05) is 23.9 Å². The Bertz CT molecular complexity index is 757. The van der Waals surface area contributed by atoms with E-state index in [2.05, 4.69) is 9.88 Å². The maximum atomic E-state index is 11.5. The maximum absolute atomic E-state index is 11.5. The number of fused-ring (bicyclic) bond motifs is 5. The van der Waals surface area contributed by atoms with Gasteiger partial charge in [0.1, 0.15) is 5.37 Å². The predicted octanol–water partition coefficient (Wildman–Crippen LogP) is 3.13. The molecule has 4 rings (SSSR count). The Morgan fingerprint density at radius 2 is 2.00 bits per heavy atom. The summed E-state index contributed by atoms with van der Waals surface area (Å²) in [6.45, 7) is 0. The van der Waals surface area contributed by atoms with Crippen molar-refractivity contribution in [2.45, 2.75) is 10.3 Å². The molecule has 4 nitrogen and oxygen atoms in total. The van der Waals surface area contributed by atoms with Gasteiger partial charge in [0.15, 0.2) is 0 Å². The smallest absolute Gasteiger partial charge is 0.334 e. The largest absolute Gasteiger partial charge is 0.478 e. The average molecular weight is 282 g/mol. The minimum Gasteiger partial charge on any atom is -0.478 e. The summed E-state index contributed by atoms with van der Waals surface area (Å²) in [7, 11) is 0. The molecule has 98 valence electrons. The van der Waals surface area contributed by atoms with Gasteiger partial charge >= 0.3 is 5.97 Å². The molecule has 0 spiro atoms. The molecule has 3 heterocycles. The highest BCUT2D eigenvalue weighted by molar-refractivity contribution is 8.00. The van der Waals surface area contributed by atoms with Crippen molar-refractivity contribution in [1.29, 1.82) is 0 Å². The highest BCUT2D eigenvalue weighted by Crippen LogP contribution is 2.52. The molecule has 0 saturated carbocycles. The van der Waals surface area contributed by atoms with Gasteiger partial charge in [0.2, 0.25) is 0 Å². The fraction of sp³-hybridized carbons (Fsp3) is 0.0667. The Morgan fingerprint density at radius 3 is 2.85 bits per heavy atom. The summed E-state index contributed by atoms with van der Waals surface area (Å²) in [6, 6.07) is 11.8. The molecular weight excluding hydrogens is 272 g/mol. The summed E-state index contributed by atoms with van der Waals surface area (Å²) < 4.78 is 0. The zero-order chi connectivity index (χ0) is 13.7. The van der Waals surface area contributed by atoms with Gasteiger partial charge < -0.3 is 10.0 Å². The van der Waals surface area contributed by atoms with Crippen molar-refractivity contribution < 1.29 is 9.90 Å². The van der Waals surface area contributed by atoms with Crippen molar-refractivity contribution in [2.75, 3.05) is 4.90 Å². The first kappa shape index (κ1) is 11.5. The molecule has 1 aromatic heterocycles. The number of carboxylic acid groups (broad SMARTS) is 1. The number of aliphatic carboxylic acids is 1. The number of benzene rings is 1. The number of aromatic nitrogens is 1. The molecule has 2 aromatic rings. The first-order chi connectivity index (χ1) is 9.75. The standard InChI is InChI=1S/C15H10N2O2S/c18-15(19)9-8-10-11(5-3-7-16-10)17-12-4-1-2-6-13(12)20-14(9)17/h1-8,14H,(H,18,19). The van der Waals surface area contributed by atoms with Crippen LogP contribution < -0.4 is 4.90 Å². The van der Waals surface area contributed by atoms with Gasteiger partial charge in [0.05, 0.1) is 22.6 Å². The van der Waals surface area contributed by atoms with Gasteiger partial charge in [-0.2, -0.15) is 0 Å². The summed E-state index contributed by atoms with van der Waals surface area (Å²) in [6.07, 6.45) is 3.36. The van der Waals surface area contributed by atoms with Crippen LogP contribution in [0.4, 0.5) is 11.4 Å². The van der Waals surface area contributed by atoms with Crippen LogP contribution in [0.1, 0.15) is 5.69 Å². The van der Waals surface area contributed by atoms with Crippen molar-refractivity contribution in [2.24, 2.45) is 0 Å². The van der Waals surface area contributed by atoms with Crippen molar-refractivity contribution in [3.05, 3.63) is 53.9 Å². The van der Waals surface area contributed by atoms with E-state index in [1.807, 2.05) is 36.4 Å². The lowest BCUT2D eigenvalue weighted by Crippen LogP contribution is -2.32. The normalized spacial score (nSPS) is 18.9. The van der Waals surface area contributed by atoms with E-state index in [1.54, 1.807) is 24.0 Å². The molecule has 0 bridgehead atoms. The molecule has 1 aromatic carbocycles. The van der Waals surface area contributed by atoms with Crippen LogP contribution in [-0.2, 0) is 4.79 Å². The fourth-order valence-corrected chi connectivity index (χ4v) is 3.94. The number of pyridine rings is 1. The van der Waals surface area contributed by atoms with E-state index >= 15 is 0 Å². The number of carbonyl (C=O) groups is 1. The SMILES string of the molecule is O=C(O)C1=Cc2ncccc2N2c3ccccc3SC12. The van der Waals surface area contributed by atoms with Gasteiger partial charge in [0, 0.05) is 11.1 Å².